The molecule has 0 radical (unpaired) electrons. The van der Waals surface area contributed by atoms with Crippen molar-refractivity contribution in [3.05, 3.63) is 12.2 Å². The van der Waals surface area contributed by atoms with Crippen molar-refractivity contribution in [3.63, 3.8) is 0 Å². The van der Waals surface area contributed by atoms with Gasteiger partial charge in [0.25, 0.3) is 0 Å². The fourth-order valence-electron chi connectivity index (χ4n) is 4.05. The summed E-state index contributed by atoms with van der Waals surface area (Å²) >= 11 is 0. The number of ether oxygens (including phenoxy) is 1. The Labute approximate surface area is 127 Å². The van der Waals surface area contributed by atoms with Gasteiger partial charge >= 0.3 is 0 Å². The average Bonchev–Trinajstić information content (AvgIpc) is 3.03. The van der Waals surface area contributed by atoms with E-state index in [1.165, 1.54) is 32.1 Å². The number of hydrogen-bond donors (Lipinski definition) is 2. The predicted octanol–water partition coefficient (Wildman–Crippen LogP) is 2.97. The predicted molar refractivity (Wildman–Crippen MR) is 81.9 cm³/mol. The molecule has 1 aromatic rings. The Hall–Kier alpha value is -0.940. The van der Waals surface area contributed by atoms with Gasteiger partial charge < -0.3 is 10.1 Å². The van der Waals surface area contributed by atoms with Gasteiger partial charge in [0.2, 0.25) is 0 Å². The Morgan fingerprint density at radius 3 is 3.00 bits per heavy atom. The highest BCUT2D eigenvalue weighted by atomic mass is 16.5. The maximum Gasteiger partial charge on any atom is 0.141 e. The van der Waals surface area contributed by atoms with E-state index >= 15 is 0 Å². The molecule has 2 aliphatic rings. The lowest BCUT2D eigenvalue weighted by Gasteiger charge is -2.45. The number of rotatable bonds is 5. The van der Waals surface area contributed by atoms with Crippen LogP contribution in [0.1, 0.15) is 70.2 Å². The zero-order valence-corrected chi connectivity index (χ0v) is 13.1. The summed E-state index contributed by atoms with van der Waals surface area (Å²) in [5.41, 5.74) is 0.146. The number of H-pyrrole nitrogens is 1. The lowest BCUT2D eigenvalue weighted by Crippen LogP contribution is -2.45. The first-order valence-electron chi connectivity index (χ1n) is 8.55. The van der Waals surface area contributed by atoms with Gasteiger partial charge in [-0.1, -0.05) is 26.2 Å². The van der Waals surface area contributed by atoms with Crippen LogP contribution in [-0.4, -0.2) is 33.9 Å². The molecule has 1 saturated carbocycles. The first-order valence-corrected chi connectivity index (χ1v) is 8.55. The van der Waals surface area contributed by atoms with Crippen molar-refractivity contribution in [1.82, 2.24) is 20.5 Å². The molecule has 2 heterocycles. The number of nitrogens with one attached hydrogen (secondary N) is 2. The Bertz CT molecular complexity index is 408. The summed E-state index contributed by atoms with van der Waals surface area (Å²) in [4.78, 5) is 4.41. The number of aromatic nitrogens is 3. The molecule has 21 heavy (non-hydrogen) atoms. The Balaban J connectivity index is 1.72. The van der Waals surface area contributed by atoms with Crippen LogP contribution in [0, 0.1) is 5.92 Å². The summed E-state index contributed by atoms with van der Waals surface area (Å²) in [6.45, 7) is 4.12. The molecule has 1 aromatic heterocycles. The first kappa shape index (κ1) is 15.0. The highest BCUT2D eigenvalue weighted by Gasteiger charge is 2.41. The average molecular weight is 292 g/mol. The fourth-order valence-corrected chi connectivity index (χ4v) is 4.05. The maximum atomic E-state index is 6.23. The summed E-state index contributed by atoms with van der Waals surface area (Å²) in [7, 11) is 0. The Morgan fingerprint density at radius 2 is 2.29 bits per heavy atom. The van der Waals surface area contributed by atoms with E-state index in [1.807, 2.05) is 0 Å². The molecule has 1 aliphatic carbocycles. The van der Waals surface area contributed by atoms with Gasteiger partial charge in [-0.05, 0) is 44.6 Å². The molecule has 2 fully saturated rings. The second kappa shape index (κ2) is 6.88. The first-order chi connectivity index (χ1) is 10.3. The van der Waals surface area contributed by atoms with E-state index in [0.29, 0.717) is 5.92 Å². The van der Waals surface area contributed by atoms with Crippen LogP contribution < -0.4 is 5.32 Å². The van der Waals surface area contributed by atoms with E-state index in [1.54, 1.807) is 6.33 Å². The molecule has 1 saturated heterocycles. The van der Waals surface area contributed by atoms with Crippen molar-refractivity contribution in [2.75, 3.05) is 13.2 Å². The van der Waals surface area contributed by atoms with Crippen LogP contribution in [0.3, 0.4) is 0 Å². The van der Waals surface area contributed by atoms with Gasteiger partial charge in [0, 0.05) is 6.61 Å². The summed E-state index contributed by atoms with van der Waals surface area (Å²) < 4.78 is 6.23. The van der Waals surface area contributed by atoms with E-state index in [-0.39, 0.29) is 11.6 Å². The Kier molecular flexibility index (Phi) is 4.91. The molecule has 0 amide bonds. The third-order valence-corrected chi connectivity index (χ3v) is 5.11. The molecule has 5 nitrogen and oxygen atoms in total. The van der Waals surface area contributed by atoms with E-state index in [2.05, 4.69) is 27.4 Å². The smallest absolute Gasteiger partial charge is 0.141 e. The van der Waals surface area contributed by atoms with Gasteiger partial charge in [0.15, 0.2) is 0 Å². The van der Waals surface area contributed by atoms with Gasteiger partial charge in [-0.15, -0.1) is 0 Å². The summed E-state index contributed by atoms with van der Waals surface area (Å²) in [5, 5.41) is 10.8. The zero-order valence-electron chi connectivity index (χ0n) is 13.1. The molecule has 0 aromatic carbocycles. The van der Waals surface area contributed by atoms with Gasteiger partial charge in [-0.25, -0.2) is 4.98 Å². The number of aromatic amines is 1. The van der Waals surface area contributed by atoms with E-state index in [9.17, 15) is 0 Å². The number of nitrogens with zero attached hydrogens (tertiary/aromatic N) is 2. The van der Waals surface area contributed by atoms with Crippen molar-refractivity contribution < 1.29 is 4.74 Å². The van der Waals surface area contributed by atoms with Crippen LogP contribution in [0.25, 0.3) is 0 Å². The summed E-state index contributed by atoms with van der Waals surface area (Å²) in [6, 6.07) is 0.287. The molecular formula is C16H28N4O. The van der Waals surface area contributed by atoms with Crippen LogP contribution in [0.5, 0.6) is 0 Å². The molecule has 0 bridgehead atoms. The third kappa shape index (κ3) is 3.46. The fraction of sp³-hybridized carbons (Fsp3) is 0.875. The Morgan fingerprint density at radius 1 is 1.43 bits per heavy atom. The van der Waals surface area contributed by atoms with Gasteiger partial charge in [-0.2, -0.15) is 5.10 Å². The minimum atomic E-state index is 0.146. The van der Waals surface area contributed by atoms with Crippen molar-refractivity contribution >= 4 is 0 Å². The minimum absolute atomic E-state index is 0.146. The molecule has 118 valence electrons. The molecule has 2 unspecified atom stereocenters. The second-order valence-corrected chi connectivity index (χ2v) is 6.65. The van der Waals surface area contributed by atoms with E-state index in [0.717, 1.165) is 38.2 Å². The normalized spacial score (nSPS) is 26.8. The summed E-state index contributed by atoms with van der Waals surface area (Å²) in [5.74, 6) is 1.58. The van der Waals surface area contributed by atoms with Crippen molar-refractivity contribution in [2.45, 2.75) is 69.9 Å². The molecule has 1 aliphatic heterocycles. The molecule has 2 atom stereocenters. The highest BCUT2D eigenvalue weighted by molar-refractivity contribution is 5.00. The SMILES string of the molecule is CCCNC(c1ncn[nH]1)C1CCOC2(CCCCC2)C1. The van der Waals surface area contributed by atoms with Crippen LogP contribution in [0.2, 0.25) is 0 Å². The third-order valence-electron chi connectivity index (χ3n) is 5.11. The lowest BCUT2D eigenvalue weighted by atomic mass is 9.74. The van der Waals surface area contributed by atoms with Gasteiger partial charge in [0.1, 0.15) is 12.2 Å². The number of hydrogen-bond acceptors (Lipinski definition) is 4. The second-order valence-electron chi connectivity index (χ2n) is 6.65. The lowest BCUT2D eigenvalue weighted by molar-refractivity contribution is -0.122. The maximum absolute atomic E-state index is 6.23. The zero-order chi connectivity index (χ0) is 14.5. The molecular weight excluding hydrogens is 264 g/mol. The van der Waals surface area contributed by atoms with E-state index < -0.39 is 0 Å². The molecule has 2 N–H and O–H groups in total. The van der Waals surface area contributed by atoms with Crippen LogP contribution in [-0.2, 0) is 4.74 Å². The van der Waals surface area contributed by atoms with Crippen molar-refractivity contribution in [1.29, 1.82) is 0 Å². The van der Waals surface area contributed by atoms with Crippen LogP contribution in [0.4, 0.5) is 0 Å². The largest absolute Gasteiger partial charge is 0.375 e. The van der Waals surface area contributed by atoms with E-state index in [4.69, 9.17) is 4.74 Å². The quantitative estimate of drug-likeness (QED) is 0.876. The van der Waals surface area contributed by atoms with Gasteiger partial charge in [-0.3, -0.25) is 5.10 Å². The topological polar surface area (TPSA) is 62.8 Å². The van der Waals surface area contributed by atoms with Crippen LogP contribution >= 0.6 is 0 Å². The molecule has 5 heteroatoms. The van der Waals surface area contributed by atoms with Crippen LogP contribution in [0.15, 0.2) is 6.33 Å². The van der Waals surface area contributed by atoms with Crippen molar-refractivity contribution in [2.24, 2.45) is 5.92 Å². The minimum Gasteiger partial charge on any atom is -0.375 e. The van der Waals surface area contributed by atoms with Gasteiger partial charge in [0.05, 0.1) is 11.6 Å². The standard InChI is InChI=1S/C16H28N4O/c1-2-9-17-14(15-18-12-19-20-15)13-6-10-21-16(11-13)7-4-3-5-8-16/h12-14,17H,2-11H2,1H3,(H,18,19,20). The summed E-state index contributed by atoms with van der Waals surface area (Å²) in [6.07, 6.45) is 11.5. The monoisotopic (exact) mass is 292 g/mol. The molecule has 1 spiro atoms. The highest BCUT2D eigenvalue weighted by Crippen LogP contribution is 2.43. The van der Waals surface area contributed by atoms with Crippen molar-refractivity contribution in [3.8, 4) is 0 Å². The molecule has 3 rings (SSSR count).